The Bertz CT molecular complexity index is 433. The van der Waals surface area contributed by atoms with Gasteiger partial charge >= 0.3 is 0 Å². The van der Waals surface area contributed by atoms with Crippen LogP contribution in [0.15, 0.2) is 24.3 Å². The fraction of sp³-hybridized carbons (Fsp3) is 0.500. The van der Waals surface area contributed by atoms with Gasteiger partial charge in [0.25, 0.3) is 0 Å². The van der Waals surface area contributed by atoms with E-state index in [9.17, 15) is 14.3 Å². The highest BCUT2D eigenvalue weighted by atomic mass is 19.1. The standard InChI is InChI=1S/C14H21FN2O2/c1-14(19,10-17(2)3)9-16-13(18)8-11-6-4-5-7-12(11)15/h4-7,19H,8-10H2,1-3H3,(H,16,18). The highest BCUT2D eigenvalue weighted by Crippen LogP contribution is 2.07. The zero-order valence-electron chi connectivity index (χ0n) is 11.6. The van der Waals surface area contributed by atoms with Crippen LogP contribution >= 0.6 is 0 Å². The van der Waals surface area contributed by atoms with Crippen LogP contribution in [0.4, 0.5) is 4.39 Å². The Hall–Kier alpha value is -1.46. The molecule has 19 heavy (non-hydrogen) atoms. The van der Waals surface area contributed by atoms with Crippen molar-refractivity contribution in [3.8, 4) is 0 Å². The summed E-state index contributed by atoms with van der Waals surface area (Å²) in [7, 11) is 3.69. The van der Waals surface area contributed by atoms with Crippen LogP contribution in [-0.4, -0.2) is 48.7 Å². The lowest BCUT2D eigenvalue weighted by molar-refractivity contribution is -0.121. The first kappa shape index (κ1) is 15.6. The summed E-state index contributed by atoms with van der Waals surface area (Å²) in [5, 5.41) is 12.6. The molecule has 1 amide bonds. The first-order chi connectivity index (χ1) is 8.80. The zero-order valence-corrected chi connectivity index (χ0v) is 11.6. The van der Waals surface area contributed by atoms with E-state index >= 15 is 0 Å². The Morgan fingerprint density at radius 2 is 2.05 bits per heavy atom. The molecule has 0 saturated carbocycles. The van der Waals surface area contributed by atoms with Gasteiger partial charge < -0.3 is 15.3 Å². The van der Waals surface area contributed by atoms with Crippen molar-refractivity contribution >= 4 is 5.91 Å². The Morgan fingerprint density at radius 1 is 1.42 bits per heavy atom. The van der Waals surface area contributed by atoms with Crippen LogP contribution in [0.3, 0.4) is 0 Å². The number of amides is 1. The van der Waals surface area contributed by atoms with Crippen molar-refractivity contribution in [3.05, 3.63) is 35.6 Å². The van der Waals surface area contributed by atoms with Crippen LogP contribution in [0.5, 0.6) is 0 Å². The predicted octanol–water partition coefficient (Wildman–Crippen LogP) is 0.797. The molecule has 0 aliphatic rings. The highest BCUT2D eigenvalue weighted by molar-refractivity contribution is 5.78. The number of carbonyl (C=O) groups excluding carboxylic acids is 1. The molecule has 0 bridgehead atoms. The van der Waals surface area contributed by atoms with Gasteiger partial charge in [0.05, 0.1) is 12.0 Å². The van der Waals surface area contributed by atoms with E-state index in [-0.39, 0.29) is 18.9 Å². The second-order valence-electron chi connectivity index (χ2n) is 5.28. The molecule has 1 rings (SSSR count). The SMILES string of the molecule is CN(C)CC(C)(O)CNC(=O)Cc1ccccc1F. The molecule has 1 aromatic rings. The van der Waals surface area contributed by atoms with Gasteiger partial charge in [0.1, 0.15) is 5.82 Å². The van der Waals surface area contributed by atoms with Crippen LogP contribution in [0.25, 0.3) is 0 Å². The number of hydrogen-bond donors (Lipinski definition) is 2. The van der Waals surface area contributed by atoms with Gasteiger partial charge in [-0.3, -0.25) is 4.79 Å². The van der Waals surface area contributed by atoms with Crippen LogP contribution in [-0.2, 0) is 11.2 Å². The molecule has 0 radical (unpaired) electrons. The molecule has 1 atom stereocenters. The second-order valence-corrected chi connectivity index (χ2v) is 5.28. The van der Waals surface area contributed by atoms with Crippen molar-refractivity contribution in [2.75, 3.05) is 27.2 Å². The first-order valence-corrected chi connectivity index (χ1v) is 6.17. The van der Waals surface area contributed by atoms with Crippen molar-refractivity contribution in [1.82, 2.24) is 10.2 Å². The van der Waals surface area contributed by atoms with Gasteiger partial charge in [-0.2, -0.15) is 0 Å². The average Bonchev–Trinajstić information content (AvgIpc) is 2.28. The average molecular weight is 268 g/mol. The molecule has 0 spiro atoms. The molecule has 2 N–H and O–H groups in total. The lowest BCUT2D eigenvalue weighted by Crippen LogP contribution is -2.47. The van der Waals surface area contributed by atoms with Crippen molar-refractivity contribution in [1.29, 1.82) is 0 Å². The maximum atomic E-state index is 13.4. The minimum absolute atomic E-state index is 0.0231. The second kappa shape index (κ2) is 6.63. The normalized spacial score (nSPS) is 14.2. The Kier molecular flexibility index (Phi) is 5.44. The zero-order chi connectivity index (χ0) is 14.5. The maximum absolute atomic E-state index is 13.4. The molecular formula is C14H21FN2O2. The lowest BCUT2D eigenvalue weighted by Gasteiger charge is -2.27. The fourth-order valence-electron chi connectivity index (χ4n) is 1.90. The van der Waals surface area contributed by atoms with Crippen molar-refractivity contribution in [3.63, 3.8) is 0 Å². The predicted molar refractivity (Wildman–Crippen MR) is 72.3 cm³/mol. The summed E-state index contributed by atoms with van der Waals surface area (Å²) < 4.78 is 13.4. The summed E-state index contributed by atoms with van der Waals surface area (Å²) in [6, 6.07) is 6.17. The summed E-state index contributed by atoms with van der Waals surface area (Å²) in [6.07, 6.45) is -0.0231. The molecule has 4 nitrogen and oxygen atoms in total. The molecule has 1 unspecified atom stereocenters. The van der Waals surface area contributed by atoms with Gasteiger partial charge in [0.15, 0.2) is 0 Å². The molecule has 1 aromatic carbocycles. The van der Waals surface area contributed by atoms with E-state index in [1.54, 1.807) is 25.1 Å². The van der Waals surface area contributed by atoms with E-state index in [2.05, 4.69) is 5.32 Å². The third-order valence-corrected chi connectivity index (χ3v) is 2.63. The molecule has 0 saturated heterocycles. The number of aliphatic hydroxyl groups is 1. The van der Waals surface area contributed by atoms with E-state index in [1.807, 2.05) is 19.0 Å². The van der Waals surface area contributed by atoms with Crippen LogP contribution in [0, 0.1) is 5.82 Å². The molecule has 0 fully saturated rings. The summed E-state index contributed by atoms with van der Waals surface area (Å²) in [5.41, 5.74) is -0.652. The van der Waals surface area contributed by atoms with Crippen molar-refractivity contribution < 1.29 is 14.3 Å². The molecule has 0 aliphatic carbocycles. The van der Waals surface area contributed by atoms with E-state index in [0.29, 0.717) is 12.1 Å². The van der Waals surface area contributed by atoms with Gasteiger partial charge in [-0.15, -0.1) is 0 Å². The van der Waals surface area contributed by atoms with Gasteiger partial charge in [-0.1, -0.05) is 18.2 Å². The molecule has 0 aromatic heterocycles. The summed E-state index contributed by atoms with van der Waals surface area (Å²) in [6.45, 7) is 2.22. The number of carbonyl (C=O) groups is 1. The number of rotatable bonds is 6. The number of likely N-dealkylation sites (N-methyl/N-ethyl adjacent to an activating group) is 1. The molecular weight excluding hydrogens is 247 g/mol. The molecule has 5 heteroatoms. The molecule has 0 aliphatic heterocycles. The largest absolute Gasteiger partial charge is 0.387 e. The minimum Gasteiger partial charge on any atom is -0.387 e. The Balaban J connectivity index is 2.46. The number of halogens is 1. The monoisotopic (exact) mass is 268 g/mol. The van der Waals surface area contributed by atoms with Crippen molar-refractivity contribution in [2.45, 2.75) is 18.9 Å². The van der Waals surface area contributed by atoms with E-state index in [1.165, 1.54) is 6.07 Å². The molecule has 0 heterocycles. The number of hydrogen-bond acceptors (Lipinski definition) is 3. The quantitative estimate of drug-likeness (QED) is 0.802. The van der Waals surface area contributed by atoms with Crippen molar-refractivity contribution in [2.24, 2.45) is 0 Å². The summed E-state index contributed by atoms with van der Waals surface area (Å²) >= 11 is 0. The van der Waals surface area contributed by atoms with E-state index < -0.39 is 11.4 Å². The van der Waals surface area contributed by atoms with Crippen LogP contribution < -0.4 is 5.32 Å². The third kappa shape index (κ3) is 5.81. The van der Waals surface area contributed by atoms with E-state index in [4.69, 9.17) is 0 Å². The topological polar surface area (TPSA) is 52.6 Å². The summed E-state index contributed by atoms with van der Waals surface area (Å²) in [4.78, 5) is 13.5. The van der Waals surface area contributed by atoms with Gasteiger partial charge in [-0.05, 0) is 32.6 Å². The smallest absolute Gasteiger partial charge is 0.224 e. The Morgan fingerprint density at radius 3 is 2.63 bits per heavy atom. The third-order valence-electron chi connectivity index (χ3n) is 2.63. The van der Waals surface area contributed by atoms with Crippen LogP contribution in [0.1, 0.15) is 12.5 Å². The molecule has 106 valence electrons. The first-order valence-electron chi connectivity index (χ1n) is 6.17. The number of benzene rings is 1. The maximum Gasteiger partial charge on any atom is 0.224 e. The van der Waals surface area contributed by atoms with Crippen LogP contribution in [0.2, 0.25) is 0 Å². The number of nitrogens with one attached hydrogen (secondary N) is 1. The van der Waals surface area contributed by atoms with Gasteiger partial charge in [0.2, 0.25) is 5.91 Å². The number of nitrogens with zero attached hydrogens (tertiary/aromatic N) is 1. The minimum atomic E-state index is -1.01. The summed E-state index contributed by atoms with van der Waals surface area (Å²) in [5.74, 6) is -0.693. The Labute approximate surface area is 113 Å². The lowest BCUT2D eigenvalue weighted by atomic mass is 10.1. The fourth-order valence-corrected chi connectivity index (χ4v) is 1.90. The van der Waals surface area contributed by atoms with E-state index in [0.717, 1.165) is 0 Å². The highest BCUT2D eigenvalue weighted by Gasteiger charge is 2.22. The van der Waals surface area contributed by atoms with Gasteiger partial charge in [-0.25, -0.2) is 4.39 Å². The van der Waals surface area contributed by atoms with Gasteiger partial charge in [0, 0.05) is 13.1 Å².